The van der Waals surface area contributed by atoms with Gasteiger partial charge < -0.3 is 15.4 Å². The molecule has 0 aliphatic heterocycles. The van der Waals surface area contributed by atoms with E-state index in [0.717, 1.165) is 18.7 Å². The molecule has 6 heteroatoms. The second-order valence-corrected chi connectivity index (χ2v) is 6.02. The number of amides is 1. The van der Waals surface area contributed by atoms with E-state index in [1.54, 1.807) is 0 Å². The number of hydrogen-bond donors (Lipinski definition) is 2. The second-order valence-electron chi connectivity index (χ2n) is 6.02. The maximum atomic E-state index is 11.5. The molecule has 1 amide bonds. The lowest BCUT2D eigenvalue weighted by atomic mass is 10.2. The molecule has 0 fully saturated rings. The maximum absolute atomic E-state index is 11.5. The van der Waals surface area contributed by atoms with E-state index in [1.165, 1.54) is 0 Å². The summed E-state index contributed by atoms with van der Waals surface area (Å²) < 4.78 is 7.07. The Morgan fingerprint density at radius 1 is 1.50 bits per heavy atom. The van der Waals surface area contributed by atoms with Gasteiger partial charge in [0.05, 0.1) is 12.7 Å². The van der Waals surface area contributed by atoms with Crippen molar-refractivity contribution in [1.82, 2.24) is 20.4 Å². The molecule has 0 aliphatic carbocycles. The zero-order chi connectivity index (χ0) is 15.2. The average Bonchev–Trinajstić information content (AvgIpc) is 2.70. The van der Waals surface area contributed by atoms with Gasteiger partial charge in [0, 0.05) is 25.3 Å². The summed E-state index contributed by atoms with van der Waals surface area (Å²) in [7, 11) is 0. The lowest BCUT2D eigenvalue weighted by Gasteiger charge is -2.21. The van der Waals surface area contributed by atoms with Gasteiger partial charge in [-0.1, -0.05) is 0 Å². The van der Waals surface area contributed by atoms with E-state index in [2.05, 4.69) is 15.7 Å². The summed E-state index contributed by atoms with van der Waals surface area (Å²) in [5.41, 5.74) is 0.697. The van der Waals surface area contributed by atoms with E-state index < -0.39 is 5.60 Å². The molecule has 0 radical (unpaired) electrons. The molecule has 0 bridgehead atoms. The number of nitrogens with zero attached hydrogens (tertiary/aromatic N) is 2. The first kappa shape index (κ1) is 16.5. The normalized spacial score (nSPS) is 13.1. The second kappa shape index (κ2) is 7.28. The van der Waals surface area contributed by atoms with Crippen molar-refractivity contribution in [2.24, 2.45) is 0 Å². The zero-order valence-corrected chi connectivity index (χ0v) is 13.1. The van der Waals surface area contributed by atoms with Crippen LogP contribution >= 0.6 is 0 Å². The number of rotatable bonds is 6. The number of hydrogen-bond acceptors (Lipinski definition) is 4. The molecule has 1 aromatic rings. The molecule has 0 saturated carbocycles. The molecule has 1 atom stereocenters. The van der Waals surface area contributed by atoms with Gasteiger partial charge in [0.15, 0.2) is 0 Å². The van der Waals surface area contributed by atoms with Crippen molar-refractivity contribution in [2.75, 3.05) is 13.1 Å². The summed E-state index contributed by atoms with van der Waals surface area (Å²) in [6.45, 7) is 11.7. The first-order valence-electron chi connectivity index (χ1n) is 6.95. The van der Waals surface area contributed by atoms with Gasteiger partial charge in [0.1, 0.15) is 5.60 Å². The Morgan fingerprint density at radius 2 is 2.20 bits per heavy atom. The van der Waals surface area contributed by atoms with Crippen molar-refractivity contribution >= 4 is 6.09 Å². The van der Waals surface area contributed by atoms with Gasteiger partial charge in [-0.3, -0.25) is 4.68 Å². The third-order valence-corrected chi connectivity index (χ3v) is 2.55. The van der Waals surface area contributed by atoms with Gasteiger partial charge in [-0.15, -0.1) is 0 Å². The van der Waals surface area contributed by atoms with Crippen LogP contribution in [-0.4, -0.2) is 40.6 Å². The lowest BCUT2D eigenvalue weighted by molar-refractivity contribution is 0.0523. The largest absolute Gasteiger partial charge is 0.444 e. The number of aromatic nitrogens is 2. The Labute approximate surface area is 120 Å². The molecule has 0 spiro atoms. The maximum Gasteiger partial charge on any atom is 0.407 e. The Morgan fingerprint density at radius 3 is 2.75 bits per heavy atom. The van der Waals surface area contributed by atoms with E-state index in [9.17, 15) is 4.79 Å². The van der Waals surface area contributed by atoms with Crippen molar-refractivity contribution in [1.29, 1.82) is 0 Å². The quantitative estimate of drug-likeness (QED) is 0.833. The number of carbonyl (C=O) groups is 1. The third-order valence-electron chi connectivity index (χ3n) is 2.55. The molecule has 0 aromatic carbocycles. The molecule has 1 rings (SSSR count). The van der Waals surface area contributed by atoms with Crippen LogP contribution in [0.5, 0.6) is 0 Å². The summed E-state index contributed by atoms with van der Waals surface area (Å²) in [5, 5.41) is 10.3. The van der Waals surface area contributed by atoms with E-state index in [0.29, 0.717) is 6.54 Å². The first-order valence-corrected chi connectivity index (χ1v) is 6.95. The predicted molar refractivity (Wildman–Crippen MR) is 78.7 cm³/mol. The van der Waals surface area contributed by atoms with Gasteiger partial charge >= 0.3 is 6.09 Å². The van der Waals surface area contributed by atoms with Crippen LogP contribution in [0, 0.1) is 6.92 Å². The van der Waals surface area contributed by atoms with Gasteiger partial charge in [0.25, 0.3) is 0 Å². The van der Waals surface area contributed by atoms with Crippen molar-refractivity contribution in [2.45, 2.75) is 52.8 Å². The van der Waals surface area contributed by atoms with Gasteiger partial charge in [-0.2, -0.15) is 5.10 Å². The third kappa shape index (κ3) is 7.13. The van der Waals surface area contributed by atoms with Crippen molar-refractivity contribution in [3.8, 4) is 0 Å². The van der Waals surface area contributed by atoms with E-state index in [4.69, 9.17) is 4.74 Å². The van der Waals surface area contributed by atoms with Crippen molar-refractivity contribution < 1.29 is 9.53 Å². The minimum absolute atomic E-state index is 0.180. The predicted octanol–water partition coefficient (Wildman–Crippen LogP) is 1.69. The number of nitrogens with one attached hydrogen (secondary N) is 2. The Bertz CT molecular complexity index is 423. The molecule has 0 saturated heterocycles. The SMILES string of the molecule is Cc1cnn(CCNC(C)CNC(=O)OC(C)(C)C)c1. The summed E-state index contributed by atoms with van der Waals surface area (Å²) in [6, 6.07) is 0.180. The van der Waals surface area contributed by atoms with Crippen LogP contribution in [0.15, 0.2) is 12.4 Å². The Kier molecular flexibility index (Phi) is 6.01. The lowest BCUT2D eigenvalue weighted by Crippen LogP contribution is -2.42. The standard InChI is InChI=1S/C14H26N4O2/c1-11-8-17-18(10-11)7-6-15-12(2)9-16-13(19)20-14(3,4)5/h8,10,12,15H,6-7,9H2,1-5H3,(H,16,19). The zero-order valence-electron chi connectivity index (χ0n) is 13.1. The molecule has 1 aromatic heterocycles. The van der Waals surface area contributed by atoms with Crippen molar-refractivity contribution in [3.63, 3.8) is 0 Å². The molecular formula is C14H26N4O2. The Balaban J connectivity index is 2.14. The highest BCUT2D eigenvalue weighted by atomic mass is 16.6. The number of alkyl carbamates (subject to hydrolysis) is 1. The highest BCUT2D eigenvalue weighted by Gasteiger charge is 2.16. The van der Waals surface area contributed by atoms with E-state index >= 15 is 0 Å². The molecule has 114 valence electrons. The van der Waals surface area contributed by atoms with E-state index in [1.807, 2.05) is 51.7 Å². The smallest absolute Gasteiger partial charge is 0.407 e. The fourth-order valence-electron chi connectivity index (χ4n) is 1.64. The van der Waals surface area contributed by atoms with Crippen LogP contribution in [-0.2, 0) is 11.3 Å². The topological polar surface area (TPSA) is 68.2 Å². The van der Waals surface area contributed by atoms with Crippen LogP contribution in [0.1, 0.15) is 33.3 Å². The summed E-state index contributed by atoms with van der Waals surface area (Å²) in [6.07, 6.45) is 3.47. The molecular weight excluding hydrogens is 256 g/mol. The van der Waals surface area contributed by atoms with Crippen LogP contribution in [0.2, 0.25) is 0 Å². The molecule has 20 heavy (non-hydrogen) atoms. The highest BCUT2D eigenvalue weighted by molar-refractivity contribution is 5.67. The van der Waals surface area contributed by atoms with Gasteiger partial charge in [-0.05, 0) is 40.2 Å². The first-order chi connectivity index (χ1) is 9.26. The van der Waals surface area contributed by atoms with Crippen LogP contribution in [0.4, 0.5) is 4.79 Å². The molecule has 1 heterocycles. The summed E-state index contributed by atoms with van der Waals surface area (Å²) in [4.78, 5) is 11.5. The fraction of sp³-hybridized carbons (Fsp3) is 0.714. The molecule has 6 nitrogen and oxygen atoms in total. The summed E-state index contributed by atoms with van der Waals surface area (Å²) in [5.74, 6) is 0. The number of aryl methyl sites for hydroxylation is 1. The molecule has 1 unspecified atom stereocenters. The van der Waals surface area contributed by atoms with Crippen LogP contribution in [0.25, 0.3) is 0 Å². The summed E-state index contributed by atoms with van der Waals surface area (Å²) >= 11 is 0. The number of ether oxygens (including phenoxy) is 1. The number of carbonyl (C=O) groups excluding carboxylic acids is 1. The minimum atomic E-state index is -0.460. The van der Waals surface area contributed by atoms with E-state index in [-0.39, 0.29) is 12.1 Å². The molecule has 0 aliphatic rings. The Hall–Kier alpha value is -1.56. The fourth-order valence-corrected chi connectivity index (χ4v) is 1.64. The van der Waals surface area contributed by atoms with Crippen LogP contribution in [0.3, 0.4) is 0 Å². The van der Waals surface area contributed by atoms with Gasteiger partial charge in [0.2, 0.25) is 0 Å². The minimum Gasteiger partial charge on any atom is -0.444 e. The van der Waals surface area contributed by atoms with Crippen LogP contribution < -0.4 is 10.6 Å². The monoisotopic (exact) mass is 282 g/mol. The van der Waals surface area contributed by atoms with Gasteiger partial charge in [-0.25, -0.2) is 4.79 Å². The van der Waals surface area contributed by atoms with Crippen molar-refractivity contribution in [3.05, 3.63) is 18.0 Å². The highest BCUT2D eigenvalue weighted by Crippen LogP contribution is 2.06. The average molecular weight is 282 g/mol. The molecule has 2 N–H and O–H groups in total.